The van der Waals surface area contributed by atoms with E-state index in [0.29, 0.717) is 17.9 Å². The van der Waals surface area contributed by atoms with Crippen LogP contribution in [0, 0.1) is 6.92 Å². The molecule has 1 aromatic carbocycles. The first kappa shape index (κ1) is 15.4. The van der Waals surface area contributed by atoms with Gasteiger partial charge in [0.05, 0.1) is 18.3 Å². The van der Waals surface area contributed by atoms with Crippen molar-refractivity contribution >= 4 is 5.65 Å². The number of aliphatic hydroxyl groups is 1. The molecule has 0 unspecified atom stereocenters. The topological polar surface area (TPSA) is 66.6 Å². The number of fused-ring (bicyclic) bond motifs is 1. The van der Waals surface area contributed by atoms with Crippen LogP contribution < -0.4 is 10.9 Å². The van der Waals surface area contributed by atoms with E-state index in [1.807, 2.05) is 55.5 Å². The van der Waals surface area contributed by atoms with Gasteiger partial charge in [0, 0.05) is 18.3 Å². The smallest absolute Gasteiger partial charge is 0.258 e. The molecule has 5 nitrogen and oxygen atoms in total. The normalized spacial score (nSPS) is 12.4. The van der Waals surface area contributed by atoms with Gasteiger partial charge in [-0.2, -0.15) is 0 Å². The van der Waals surface area contributed by atoms with E-state index in [0.717, 1.165) is 11.3 Å². The zero-order chi connectivity index (χ0) is 16.2. The molecule has 118 valence electrons. The molecular weight excluding hydrogens is 290 g/mol. The molecule has 0 bridgehead atoms. The highest BCUT2D eigenvalue weighted by atomic mass is 16.3. The highest BCUT2D eigenvalue weighted by Crippen LogP contribution is 2.12. The molecule has 2 aromatic heterocycles. The predicted octanol–water partition coefficient (Wildman–Crippen LogP) is 1.83. The second-order valence-corrected chi connectivity index (χ2v) is 5.47. The minimum Gasteiger partial charge on any atom is -0.394 e. The van der Waals surface area contributed by atoms with Crippen LogP contribution in [0.25, 0.3) is 5.65 Å². The number of rotatable bonds is 5. The highest BCUT2D eigenvalue weighted by Gasteiger charge is 2.10. The zero-order valence-corrected chi connectivity index (χ0v) is 12.9. The molecule has 0 amide bonds. The van der Waals surface area contributed by atoms with Gasteiger partial charge in [0.2, 0.25) is 0 Å². The highest BCUT2D eigenvalue weighted by molar-refractivity contribution is 5.40. The summed E-state index contributed by atoms with van der Waals surface area (Å²) in [6, 6.07) is 16.7. The van der Waals surface area contributed by atoms with E-state index >= 15 is 0 Å². The van der Waals surface area contributed by atoms with Crippen molar-refractivity contribution in [3.63, 3.8) is 0 Å². The number of aryl methyl sites for hydroxylation is 1. The van der Waals surface area contributed by atoms with E-state index in [9.17, 15) is 9.90 Å². The lowest BCUT2D eigenvalue weighted by Gasteiger charge is -2.16. The fraction of sp³-hybridized carbons (Fsp3) is 0.222. The molecule has 0 saturated carbocycles. The average Bonchev–Trinajstić information content (AvgIpc) is 2.56. The van der Waals surface area contributed by atoms with Crippen molar-refractivity contribution in [2.45, 2.75) is 19.5 Å². The Balaban J connectivity index is 1.83. The summed E-state index contributed by atoms with van der Waals surface area (Å²) >= 11 is 0. The predicted molar refractivity (Wildman–Crippen MR) is 89.3 cm³/mol. The van der Waals surface area contributed by atoms with Gasteiger partial charge in [-0.1, -0.05) is 36.4 Å². The van der Waals surface area contributed by atoms with Crippen LogP contribution in [0.3, 0.4) is 0 Å². The van der Waals surface area contributed by atoms with E-state index in [-0.39, 0.29) is 18.2 Å². The molecule has 5 heteroatoms. The summed E-state index contributed by atoms with van der Waals surface area (Å²) in [7, 11) is 0. The van der Waals surface area contributed by atoms with Crippen LogP contribution in [0.2, 0.25) is 0 Å². The maximum absolute atomic E-state index is 12.3. The zero-order valence-electron chi connectivity index (χ0n) is 12.9. The van der Waals surface area contributed by atoms with Crippen molar-refractivity contribution in [2.24, 2.45) is 0 Å². The van der Waals surface area contributed by atoms with Gasteiger partial charge in [-0.05, 0) is 24.6 Å². The first-order valence-corrected chi connectivity index (χ1v) is 7.56. The number of hydrogen-bond acceptors (Lipinski definition) is 4. The second-order valence-electron chi connectivity index (χ2n) is 5.47. The SMILES string of the molecule is Cc1cccc2nc(CN[C@@H](CO)c3ccccc3)cc(=O)n12. The Bertz CT molecular complexity index is 859. The summed E-state index contributed by atoms with van der Waals surface area (Å²) in [5, 5.41) is 12.8. The minimum absolute atomic E-state index is 0.0182. The summed E-state index contributed by atoms with van der Waals surface area (Å²) in [6.07, 6.45) is 0. The summed E-state index contributed by atoms with van der Waals surface area (Å²) in [4.78, 5) is 16.8. The van der Waals surface area contributed by atoms with Crippen LogP contribution in [0.1, 0.15) is 23.0 Å². The monoisotopic (exact) mass is 309 g/mol. The van der Waals surface area contributed by atoms with Gasteiger partial charge in [0.25, 0.3) is 5.56 Å². The van der Waals surface area contributed by atoms with Crippen LogP contribution in [-0.4, -0.2) is 21.1 Å². The van der Waals surface area contributed by atoms with E-state index in [1.54, 1.807) is 4.40 Å². The van der Waals surface area contributed by atoms with E-state index in [4.69, 9.17) is 0 Å². The Morgan fingerprint density at radius 1 is 1.17 bits per heavy atom. The van der Waals surface area contributed by atoms with Crippen molar-refractivity contribution in [2.75, 3.05) is 6.61 Å². The molecule has 0 aliphatic carbocycles. The number of benzene rings is 1. The minimum atomic E-state index is -0.186. The molecule has 0 aliphatic heterocycles. The Kier molecular flexibility index (Phi) is 4.50. The number of pyridine rings is 1. The third-order valence-corrected chi connectivity index (χ3v) is 3.85. The largest absolute Gasteiger partial charge is 0.394 e. The molecule has 0 aliphatic rings. The quantitative estimate of drug-likeness (QED) is 0.754. The Hall–Kier alpha value is -2.50. The lowest BCUT2D eigenvalue weighted by molar-refractivity contribution is 0.243. The number of aliphatic hydroxyl groups excluding tert-OH is 1. The van der Waals surface area contributed by atoms with Crippen molar-refractivity contribution in [3.8, 4) is 0 Å². The molecule has 0 saturated heterocycles. The van der Waals surface area contributed by atoms with Crippen molar-refractivity contribution in [1.29, 1.82) is 0 Å². The van der Waals surface area contributed by atoms with E-state index in [2.05, 4.69) is 10.3 Å². The summed E-state index contributed by atoms with van der Waals surface area (Å²) in [5.41, 5.74) is 3.06. The van der Waals surface area contributed by atoms with Crippen LogP contribution in [0.4, 0.5) is 0 Å². The molecule has 23 heavy (non-hydrogen) atoms. The standard InChI is InChI=1S/C18H19N3O2/c1-13-6-5-9-17-20-15(10-18(23)21(13)17)11-19-16(12-22)14-7-3-2-4-8-14/h2-10,16,19,22H,11-12H2,1H3/t16-/m0/s1. The van der Waals surface area contributed by atoms with Crippen LogP contribution >= 0.6 is 0 Å². The Morgan fingerprint density at radius 3 is 2.70 bits per heavy atom. The van der Waals surface area contributed by atoms with Gasteiger partial charge in [-0.25, -0.2) is 4.98 Å². The molecule has 2 N–H and O–H groups in total. The molecule has 3 aromatic rings. The van der Waals surface area contributed by atoms with Gasteiger partial charge >= 0.3 is 0 Å². The van der Waals surface area contributed by atoms with Crippen molar-refractivity contribution in [1.82, 2.24) is 14.7 Å². The molecule has 0 spiro atoms. The first-order chi connectivity index (χ1) is 11.2. The third kappa shape index (κ3) is 3.31. The van der Waals surface area contributed by atoms with E-state index < -0.39 is 0 Å². The number of aromatic nitrogens is 2. The number of nitrogens with zero attached hydrogens (tertiary/aromatic N) is 2. The summed E-state index contributed by atoms with van der Waals surface area (Å²) in [6.45, 7) is 2.28. The van der Waals surface area contributed by atoms with Gasteiger partial charge in [0.1, 0.15) is 5.65 Å². The Morgan fingerprint density at radius 2 is 1.96 bits per heavy atom. The fourth-order valence-corrected chi connectivity index (χ4v) is 2.66. The maximum Gasteiger partial charge on any atom is 0.258 e. The summed E-state index contributed by atoms with van der Waals surface area (Å²) in [5.74, 6) is 0. The van der Waals surface area contributed by atoms with Gasteiger partial charge in [-0.3, -0.25) is 9.20 Å². The molecule has 2 heterocycles. The molecule has 0 radical (unpaired) electrons. The molecular formula is C18H19N3O2. The first-order valence-electron chi connectivity index (χ1n) is 7.56. The lowest BCUT2D eigenvalue weighted by Crippen LogP contribution is -2.26. The second kappa shape index (κ2) is 6.73. The third-order valence-electron chi connectivity index (χ3n) is 3.85. The van der Waals surface area contributed by atoms with Gasteiger partial charge in [-0.15, -0.1) is 0 Å². The molecule has 1 atom stereocenters. The van der Waals surface area contributed by atoms with E-state index in [1.165, 1.54) is 6.07 Å². The average molecular weight is 309 g/mol. The van der Waals surface area contributed by atoms with Crippen molar-refractivity contribution < 1.29 is 5.11 Å². The van der Waals surface area contributed by atoms with Crippen LogP contribution in [0.15, 0.2) is 59.4 Å². The number of hydrogen-bond donors (Lipinski definition) is 2. The Labute approximate surface area is 134 Å². The van der Waals surface area contributed by atoms with Gasteiger partial charge < -0.3 is 10.4 Å². The summed E-state index contributed by atoms with van der Waals surface area (Å²) < 4.78 is 1.59. The fourth-order valence-electron chi connectivity index (χ4n) is 2.66. The lowest BCUT2D eigenvalue weighted by atomic mass is 10.1. The molecule has 0 fully saturated rings. The number of nitrogens with one attached hydrogen (secondary N) is 1. The molecule has 3 rings (SSSR count). The van der Waals surface area contributed by atoms with Crippen molar-refractivity contribution in [3.05, 3.63) is 81.9 Å². The van der Waals surface area contributed by atoms with Gasteiger partial charge in [0.15, 0.2) is 0 Å². The van der Waals surface area contributed by atoms with Crippen LogP contribution in [-0.2, 0) is 6.54 Å². The van der Waals surface area contributed by atoms with Crippen LogP contribution in [0.5, 0.6) is 0 Å². The maximum atomic E-state index is 12.3.